The van der Waals surface area contributed by atoms with E-state index in [1.54, 1.807) is 30.3 Å². The van der Waals surface area contributed by atoms with Gasteiger partial charge in [-0.2, -0.15) is 0 Å². The van der Waals surface area contributed by atoms with Crippen LogP contribution in [0.4, 0.5) is 16.2 Å². The van der Waals surface area contributed by atoms with Gasteiger partial charge in [0.05, 0.1) is 12.8 Å². The first-order valence-electron chi connectivity index (χ1n) is 10.1. The SMILES string of the molecule is COc1ccccc1CCN1Cc2cc(C(=N)c3ccnc(C)c3)c(N)cc2NC1=O. The number of nitrogens with zero attached hydrogens (tertiary/aromatic N) is 2. The fourth-order valence-electron chi connectivity index (χ4n) is 3.80. The zero-order valence-corrected chi connectivity index (χ0v) is 17.6. The molecule has 7 nitrogen and oxygen atoms in total. The van der Waals surface area contributed by atoms with Gasteiger partial charge < -0.3 is 20.7 Å². The summed E-state index contributed by atoms with van der Waals surface area (Å²) < 4.78 is 5.41. The summed E-state index contributed by atoms with van der Waals surface area (Å²) in [5.74, 6) is 0.816. The maximum atomic E-state index is 12.6. The number of nitrogens with one attached hydrogen (secondary N) is 2. The number of nitrogen functional groups attached to an aromatic ring is 1. The number of pyridine rings is 1. The van der Waals surface area contributed by atoms with E-state index in [4.69, 9.17) is 15.9 Å². The summed E-state index contributed by atoms with van der Waals surface area (Å²) in [6, 6.07) is 15.0. The number of rotatable bonds is 6. The lowest BCUT2D eigenvalue weighted by molar-refractivity contribution is 0.207. The van der Waals surface area contributed by atoms with Crippen LogP contribution in [-0.4, -0.2) is 35.3 Å². The van der Waals surface area contributed by atoms with E-state index in [2.05, 4.69) is 10.3 Å². The molecule has 1 aliphatic rings. The van der Waals surface area contributed by atoms with Crippen molar-refractivity contribution in [2.75, 3.05) is 24.7 Å². The van der Waals surface area contributed by atoms with E-state index in [0.717, 1.165) is 28.1 Å². The van der Waals surface area contributed by atoms with Crippen LogP contribution in [0.15, 0.2) is 54.7 Å². The van der Waals surface area contributed by atoms with Crippen LogP contribution in [0.5, 0.6) is 5.75 Å². The first kappa shape index (κ1) is 20.4. The molecule has 3 aromatic rings. The van der Waals surface area contributed by atoms with E-state index < -0.39 is 0 Å². The largest absolute Gasteiger partial charge is 0.496 e. The molecule has 2 amide bonds. The number of anilines is 2. The molecule has 158 valence electrons. The number of carbonyl (C=O) groups is 1. The van der Waals surface area contributed by atoms with E-state index >= 15 is 0 Å². The second-order valence-corrected chi connectivity index (χ2v) is 7.57. The summed E-state index contributed by atoms with van der Waals surface area (Å²) in [6.45, 7) is 2.89. The number of fused-ring (bicyclic) bond motifs is 1. The molecule has 2 aromatic carbocycles. The zero-order valence-electron chi connectivity index (χ0n) is 17.6. The molecule has 7 heteroatoms. The van der Waals surface area contributed by atoms with Crippen molar-refractivity contribution in [1.29, 1.82) is 5.41 Å². The van der Waals surface area contributed by atoms with Crippen molar-refractivity contribution in [1.82, 2.24) is 9.88 Å². The van der Waals surface area contributed by atoms with E-state index in [1.165, 1.54) is 0 Å². The number of nitrogens with two attached hydrogens (primary N) is 1. The van der Waals surface area contributed by atoms with Gasteiger partial charge in [-0.25, -0.2) is 4.79 Å². The highest BCUT2D eigenvalue weighted by molar-refractivity contribution is 6.14. The lowest BCUT2D eigenvalue weighted by Gasteiger charge is -2.30. The minimum atomic E-state index is -0.158. The normalized spacial score (nSPS) is 12.8. The van der Waals surface area contributed by atoms with Gasteiger partial charge in [0, 0.05) is 47.5 Å². The van der Waals surface area contributed by atoms with Gasteiger partial charge >= 0.3 is 6.03 Å². The number of hydrogen-bond acceptors (Lipinski definition) is 5. The van der Waals surface area contributed by atoms with E-state index in [9.17, 15) is 4.79 Å². The molecule has 0 fully saturated rings. The van der Waals surface area contributed by atoms with E-state index in [1.807, 2.05) is 43.3 Å². The van der Waals surface area contributed by atoms with Crippen molar-refractivity contribution in [3.8, 4) is 5.75 Å². The number of aromatic nitrogens is 1. The molecule has 2 heterocycles. The predicted octanol–water partition coefficient (Wildman–Crippen LogP) is 3.99. The van der Waals surface area contributed by atoms with E-state index in [-0.39, 0.29) is 6.03 Å². The highest BCUT2D eigenvalue weighted by atomic mass is 16.5. The topological polar surface area (TPSA) is 104 Å². The Hall–Kier alpha value is -3.87. The number of methoxy groups -OCH3 is 1. The fourth-order valence-corrected chi connectivity index (χ4v) is 3.80. The molecule has 0 radical (unpaired) electrons. The number of amides is 2. The van der Waals surface area contributed by atoms with Crippen molar-refractivity contribution in [2.24, 2.45) is 0 Å². The van der Waals surface area contributed by atoms with Crippen molar-refractivity contribution < 1.29 is 9.53 Å². The molecular formula is C24H25N5O2. The Morgan fingerprint density at radius 1 is 1.26 bits per heavy atom. The Balaban J connectivity index is 1.56. The summed E-state index contributed by atoms with van der Waals surface area (Å²) in [5, 5.41) is 11.6. The Labute approximate surface area is 181 Å². The molecule has 0 saturated carbocycles. The van der Waals surface area contributed by atoms with Gasteiger partial charge in [-0.3, -0.25) is 10.4 Å². The van der Waals surface area contributed by atoms with Gasteiger partial charge in [-0.05, 0) is 54.8 Å². The molecule has 0 unspecified atom stereocenters. The molecule has 4 N–H and O–H groups in total. The van der Waals surface area contributed by atoms with Crippen LogP contribution < -0.4 is 15.8 Å². The molecule has 4 rings (SSSR count). The highest BCUT2D eigenvalue weighted by Gasteiger charge is 2.24. The maximum Gasteiger partial charge on any atom is 0.322 e. The van der Waals surface area contributed by atoms with Crippen molar-refractivity contribution in [3.05, 3.63) is 82.7 Å². The van der Waals surface area contributed by atoms with Crippen LogP contribution in [-0.2, 0) is 13.0 Å². The number of ether oxygens (including phenoxy) is 1. The summed E-state index contributed by atoms with van der Waals surface area (Å²) >= 11 is 0. The quantitative estimate of drug-likeness (QED) is 0.418. The zero-order chi connectivity index (χ0) is 22.0. The molecule has 31 heavy (non-hydrogen) atoms. The molecule has 1 aliphatic heterocycles. The first-order chi connectivity index (χ1) is 15.0. The van der Waals surface area contributed by atoms with Gasteiger partial charge in [0.25, 0.3) is 0 Å². The van der Waals surface area contributed by atoms with Crippen LogP contribution in [0.25, 0.3) is 0 Å². The number of benzene rings is 2. The average molecular weight is 415 g/mol. The minimum Gasteiger partial charge on any atom is -0.496 e. The van der Waals surface area contributed by atoms with Gasteiger partial charge in [-0.15, -0.1) is 0 Å². The third-order valence-electron chi connectivity index (χ3n) is 5.46. The third kappa shape index (κ3) is 4.21. The van der Waals surface area contributed by atoms with Crippen LogP contribution >= 0.6 is 0 Å². The van der Waals surface area contributed by atoms with Gasteiger partial charge in [0.2, 0.25) is 0 Å². The van der Waals surface area contributed by atoms with Crippen LogP contribution in [0.2, 0.25) is 0 Å². The predicted molar refractivity (Wildman–Crippen MR) is 122 cm³/mol. The molecule has 0 aliphatic carbocycles. The lowest BCUT2D eigenvalue weighted by atomic mass is 9.97. The molecular weight excluding hydrogens is 390 g/mol. The van der Waals surface area contributed by atoms with E-state index in [0.29, 0.717) is 42.2 Å². The Morgan fingerprint density at radius 2 is 2.06 bits per heavy atom. The second kappa shape index (κ2) is 8.47. The Morgan fingerprint density at radius 3 is 2.84 bits per heavy atom. The van der Waals surface area contributed by atoms with Gasteiger partial charge in [0.1, 0.15) is 5.75 Å². The van der Waals surface area contributed by atoms with Crippen LogP contribution in [0, 0.1) is 12.3 Å². The molecule has 0 bridgehead atoms. The molecule has 0 spiro atoms. The number of urea groups is 1. The van der Waals surface area contributed by atoms with Crippen molar-refractivity contribution in [3.63, 3.8) is 0 Å². The number of aryl methyl sites for hydroxylation is 1. The minimum absolute atomic E-state index is 0.158. The summed E-state index contributed by atoms with van der Waals surface area (Å²) in [6.07, 6.45) is 2.37. The van der Waals surface area contributed by atoms with Crippen LogP contribution in [0.3, 0.4) is 0 Å². The molecule has 1 aromatic heterocycles. The summed E-state index contributed by atoms with van der Waals surface area (Å²) in [4.78, 5) is 18.6. The highest BCUT2D eigenvalue weighted by Crippen LogP contribution is 2.30. The standard InChI is InChI=1S/C24H25N5O2/c1-15-11-17(7-9-27-15)23(26)19-12-18-14-29(24(30)28-21(18)13-20(19)25)10-8-16-5-3-4-6-22(16)31-2/h3-7,9,11-13,26H,8,10,14,25H2,1-2H3,(H,28,30). The average Bonchev–Trinajstić information content (AvgIpc) is 2.77. The smallest absolute Gasteiger partial charge is 0.322 e. The Kier molecular flexibility index (Phi) is 5.58. The monoisotopic (exact) mass is 415 g/mol. The van der Waals surface area contributed by atoms with Gasteiger partial charge in [0.15, 0.2) is 0 Å². The third-order valence-corrected chi connectivity index (χ3v) is 5.46. The van der Waals surface area contributed by atoms with Crippen molar-refractivity contribution >= 4 is 23.1 Å². The summed E-state index contributed by atoms with van der Waals surface area (Å²) in [5.41, 5.74) is 11.9. The van der Waals surface area contributed by atoms with Crippen molar-refractivity contribution in [2.45, 2.75) is 19.9 Å². The Bertz CT molecular complexity index is 1160. The molecule has 0 saturated heterocycles. The first-order valence-corrected chi connectivity index (χ1v) is 10.1. The van der Waals surface area contributed by atoms with Gasteiger partial charge in [-0.1, -0.05) is 18.2 Å². The second-order valence-electron chi connectivity index (χ2n) is 7.57. The number of carbonyl (C=O) groups excluding carboxylic acids is 1. The maximum absolute atomic E-state index is 12.6. The fraction of sp³-hybridized carbons (Fsp3) is 0.208. The summed E-state index contributed by atoms with van der Waals surface area (Å²) in [7, 11) is 1.65. The van der Waals surface area contributed by atoms with Crippen LogP contribution in [0.1, 0.15) is 27.9 Å². The molecule has 0 atom stereocenters. The lowest BCUT2D eigenvalue weighted by Crippen LogP contribution is -2.40. The number of hydrogen-bond donors (Lipinski definition) is 3. The number of para-hydroxylation sites is 1.